The smallest absolute Gasteiger partial charge is 0.423 e. The molecular weight excluding hydrogens is 348 g/mol. The number of likely N-dealkylation sites (N-methyl/N-ethyl adjacent to an activating group) is 1. The van der Waals surface area contributed by atoms with E-state index >= 15 is 0 Å². The summed E-state index contributed by atoms with van der Waals surface area (Å²) >= 11 is 0. The number of hydrazine groups is 1. The minimum absolute atomic E-state index is 0.00675. The van der Waals surface area contributed by atoms with Crippen molar-refractivity contribution in [2.75, 3.05) is 32.2 Å². The van der Waals surface area contributed by atoms with Crippen molar-refractivity contribution in [2.24, 2.45) is 5.92 Å². The maximum absolute atomic E-state index is 11.3. The van der Waals surface area contributed by atoms with Gasteiger partial charge in [-0.3, -0.25) is 5.01 Å². The number of fused-ring (bicyclic) bond motifs is 1. The zero-order valence-electron chi connectivity index (χ0n) is 15.6. The van der Waals surface area contributed by atoms with Gasteiger partial charge in [-0.25, -0.2) is 15.2 Å². The topological polar surface area (TPSA) is 123 Å². The SMILES string of the molecule is CN(C)CCn1cnc2c(N(CC3CCCC3)NC(=O)O)nc(C#N)nc21. The molecule has 0 unspecified atom stereocenters. The van der Waals surface area contributed by atoms with E-state index in [0.29, 0.717) is 36.0 Å². The van der Waals surface area contributed by atoms with Crippen molar-refractivity contribution in [1.29, 1.82) is 5.26 Å². The van der Waals surface area contributed by atoms with Crippen LogP contribution in [0.15, 0.2) is 6.33 Å². The molecule has 10 nitrogen and oxygen atoms in total. The van der Waals surface area contributed by atoms with Gasteiger partial charge in [-0.2, -0.15) is 15.2 Å². The van der Waals surface area contributed by atoms with Crippen LogP contribution in [0.25, 0.3) is 11.2 Å². The van der Waals surface area contributed by atoms with Crippen LogP contribution < -0.4 is 10.4 Å². The summed E-state index contributed by atoms with van der Waals surface area (Å²) in [5.41, 5.74) is 3.43. The van der Waals surface area contributed by atoms with Crippen molar-refractivity contribution in [3.63, 3.8) is 0 Å². The van der Waals surface area contributed by atoms with Gasteiger partial charge in [0.25, 0.3) is 0 Å². The Labute approximate surface area is 157 Å². The molecule has 144 valence electrons. The van der Waals surface area contributed by atoms with E-state index in [9.17, 15) is 15.2 Å². The van der Waals surface area contributed by atoms with E-state index in [2.05, 4.69) is 20.4 Å². The van der Waals surface area contributed by atoms with Gasteiger partial charge >= 0.3 is 6.09 Å². The highest BCUT2D eigenvalue weighted by atomic mass is 16.4. The number of carbonyl (C=O) groups is 1. The number of nitrogens with zero attached hydrogens (tertiary/aromatic N) is 7. The van der Waals surface area contributed by atoms with E-state index in [1.807, 2.05) is 29.6 Å². The van der Waals surface area contributed by atoms with Crippen molar-refractivity contribution >= 4 is 23.1 Å². The van der Waals surface area contributed by atoms with Gasteiger partial charge in [0.1, 0.15) is 6.07 Å². The third-order valence-electron chi connectivity index (χ3n) is 4.74. The van der Waals surface area contributed by atoms with Gasteiger partial charge in [-0.15, -0.1) is 0 Å². The van der Waals surface area contributed by atoms with Gasteiger partial charge < -0.3 is 14.6 Å². The number of nitrogens with one attached hydrogen (secondary N) is 1. The fourth-order valence-electron chi connectivity index (χ4n) is 3.39. The molecule has 0 atom stereocenters. The van der Waals surface area contributed by atoms with Gasteiger partial charge in [0.05, 0.1) is 6.33 Å². The first-order chi connectivity index (χ1) is 13.0. The summed E-state index contributed by atoms with van der Waals surface area (Å²) in [5.74, 6) is 0.699. The Balaban J connectivity index is 2.00. The molecular formula is C17H24N8O2. The summed E-state index contributed by atoms with van der Waals surface area (Å²) in [6.45, 7) is 1.93. The third kappa shape index (κ3) is 4.43. The van der Waals surface area contributed by atoms with E-state index in [0.717, 1.165) is 32.2 Å². The maximum Gasteiger partial charge on any atom is 0.423 e. The molecule has 0 spiro atoms. The average molecular weight is 372 g/mol. The third-order valence-corrected chi connectivity index (χ3v) is 4.74. The maximum atomic E-state index is 11.3. The minimum Gasteiger partial charge on any atom is -0.464 e. The van der Waals surface area contributed by atoms with Crippen LogP contribution in [0.5, 0.6) is 0 Å². The highest BCUT2D eigenvalue weighted by Gasteiger charge is 2.25. The standard InChI is InChI=1S/C17H24N8O2/c1-23(2)7-8-24-11-19-14-15(24)20-13(9-18)21-16(14)25(22-17(26)27)10-12-5-3-4-6-12/h11-12,22H,3-8,10H2,1-2H3,(H,26,27). The van der Waals surface area contributed by atoms with Crippen molar-refractivity contribution in [3.05, 3.63) is 12.2 Å². The molecule has 1 saturated carbocycles. The molecule has 3 rings (SSSR count). The number of aromatic nitrogens is 4. The van der Waals surface area contributed by atoms with Crippen LogP contribution in [0, 0.1) is 17.2 Å². The second-order valence-electron chi connectivity index (χ2n) is 7.07. The molecule has 1 fully saturated rings. The Kier molecular flexibility index (Phi) is 5.71. The number of carboxylic acid groups (broad SMARTS) is 1. The van der Waals surface area contributed by atoms with Crippen molar-refractivity contribution in [3.8, 4) is 6.07 Å². The van der Waals surface area contributed by atoms with Gasteiger partial charge in [0, 0.05) is 19.6 Å². The molecule has 10 heteroatoms. The highest BCUT2D eigenvalue weighted by Crippen LogP contribution is 2.28. The second kappa shape index (κ2) is 8.18. The molecule has 0 aliphatic heterocycles. The van der Waals surface area contributed by atoms with E-state index in [1.54, 1.807) is 6.33 Å². The first kappa shape index (κ1) is 18.8. The predicted molar refractivity (Wildman–Crippen MR) is 99.1 cm³/mol. The average Bonchev–Trinajstić information content (AvgIpc) is 3.27. The number of hydrogen-bond acceptors (Lipinski definition) is 7. The van der Waals surface area contributed by atoms with Gasteiger partial charge in [0.2, 0.25) is 5.82 Å². The van der Waals surface area contributed by atoms with Crippen LogP contribution in [0.2, 0.25) is 0 Å². The van der Waals surface area contributed by atoms with Crippen LogP contribution in [-0.2, 0) is 6.54 Å². The fraction of sp³-hybridized carbons (Fsp3) is 0.588. The fourth-order valence-corrected chi connectivity index (χ4v) is 3.39. The minimum atomic E-state index is -1.18. The summed E-state index contributed by atoms with van der Waals surface area (Å²) in [6, 6.07) is 1.97. The zero-order chi connectivity index (χ0) is 19.4. The summed E-state index contributed by atoms with van der Waals surface area (Å²) in [6.07, 6.45) is 4.87. The number of nitriles is 1. The lowest BCUT2D eigenvalue weighted by Crippen LogP contribution is -2.45. The molecule has 27 heavy (non-hydrogen) atoms. The van der Waals surface area contributed by atoms with E-state index < -0.39 is 6.09 Å². The van der Waals surface area contributed by atoms with Gasteiger partial charge in [-0.05, 0) is 32.9 Å². The first-order valence-corrected chi connectivity index (χ1v) is 9.02. The Morgan fingerprint density at radius 1 is 1.41 bits per heavy atom. The van der Waals surface area contributed by atoms with Crippen LogP contribution >= 0.6 is 0 Å². The van der Waals surface area contributed by atoms with E-state index in [4.69, 9.17) is 0 Å². The molecule has 2 N–H and O–H groups in total. The predicted octanol–water partition coefficient (Wildman–Crippen LogP) is 1.44. The second-order valence-corrected chi connectivity index (χ2v) is 7.07. The lowest BCUT2D eigenvalue weighted by Gasteiger charge is -2.25. The zero-order valence-corrected chi connectivity index (χ0v) is 15.6. The van der Waals surface area contributed by atoms with Gasteiger partial charge in [-0.1, -0.05) is 12.8 Å². The number of amides is 1. The normalized spacial score (nSPS) is 14.6. The molecule has 2 aromatic rings. The molecule has 0 bridgehead atoms. The quantitative estimate of drug-likeness (QED) is 0.700. The molecule has 0 aromatic carbocycles. The molecule has 1 aliphatic rings. The summed E-state index contributed by atoms with van der Waals surface area (Å²) in [7, 11) is 3.95. The molecule has 1 aliphatic carbocycles. The first-order valence-electron chi connectivity index (χ1n) is 9.02. The summed E-state index contributed by atoms with van der Waals surface area (Å²) < 4.78 is 1.86. The van der Waals surface area contributed by atoms with Gasteiger partial charge in [0.15, 0.2) is 17.0 Å². The number of imidazole rings is 1. The van der Waals surface area contributed by atoms with Crippen LogP contribution in [-0.4, -0.2) is 62.8 Å². The van der Waals surface area contributed by atoms with E-state index in [-0.39, 0.29) is 5.82 Å². The molecule has 2 heterocycles. The molecule has 0 saturated heterocycles. The molecule has 1 amide bonds. The number of rotatable bonds is 7. The summed E-state index contributed by atoms with van der Waals surface area (Å²) in [5, 5.41) is 20.1. The number of hydrogen-bond donors (Lipinski definition) is 2. The van der Waals surface area contributed by atoms with Crippen LogP contribution in [0.3, 0.4) is 0 Å². The van der Waals surface area contributed by atoms with Crippen molar-refractivity contribution < 1.29 is 9.90 Å². The van der Waals surface area contributed by atoms with Crippen molar-refractivity contribution in [1.82, 2.24) is 29.8 Å². The number of anilines is 1. The summed E-state index contributed by atoms with van der Waals surface area (Å²) in [4.78, 5) is 26.3. The van der Waals surface area contributed by atoms with Crippen molar-refractivity contribution in [2.45, 2.75) is 32.2 Å². The van der Waals surface area contributed by atoms with Crippen LogP contribution in [0.4, 0.5) is 10.6 Å². The largest absolute Gasteiger partial charge is 0.464 e. The lowest BCUT2D eigenvalue weighted by molar-refractivity contribution is 0.192. The Morgan fingerprint density at radius 2 is 2.15 bits per heavy atom. The van der Waals surface area contributed by atoms with Crippen LogP contribution in [0.1, 0.15) is 31.5 Å². The lowest BCUT2D eigenvalue weighted by atomic mass is 10.1. The Morgan fingerprint density at radius 3 is 2.78 bits per heavy atom. The highest BCUT2D eigenvalue weighted by molar-refractivity contribution is 5.85. The Hall–Kier alpha value is -2.93. The molecule has 0 radical (unpaired) electrons. The monoisotopic (exact) mass is 372 g/mol. The molecule has 2 aromatic heterocycles. The van der Waals surface area contributed by atoms with E-state index in [1.165, 1.54) is 5.01 Å². The Bertz CT molecular complexity index is 850.